The van der Waals surface area contributed by atoms with Crippen molar-refractivity contribution in [2.75, 3.05) is 13.1 Å². The second-order valence-electron chi connectivity index (χ2n) is 3.97. The normalized spacial score (nSPS) is 18.5. The molecule has 3 heteroatoms. The summed E-state index contributed by atoms with van der Waals surface area (Å²) in [7, 11) is 0. The predicted octanol–water partition coefficient (Wildman–Crippen LogP) is 1.64. The first-order chi connectivity index (χ1) is 6.84. The number of hydrogen-bond acceptors (Lipinski definition) is 3. The molecule has 1 aromatic rings. The van der Waals surface area contributed by atoms with Crippen LogP contribution in [0.2, 0.25) is 0 Å². The van der Waals surface area contributed by atoms with E-state index in [0.717, 1.165) is 32.5 Å². The Hall–Kier alpha value is -0.930. The Kier molecular flexibility index (Phi) is 4.72. The lowest BCUT2D eigenvalue weighted by Crippen LogP contribution is -2.39. The van der Waals surface area contributed by atoms with Gasteiger partial charge in [-0.15, -0.1) is 0 Å². The van der Waals surface area contributed by atoms with E-state index < -0.39 is 0 Å². The summed E-state index contributed by atoms with van der Waals surface area (Å²) in [4.78, 5) is 6.56. The van der Waals surface area contributed by atoms with Crippen LogP contribution in [0.15, 0.2) is 24.5 Å². The van der Waals surface area contributed by atoms with Gasteiger partial charge in [0.15, 0.2) is 0 Å². The molecule has 0 aromatic carbocycles. The molecule has 1 aromatic heterocycles. The minimum atomic E-state index is 0. The van der Waals surface area contributed by atoms with Crippen molar-refractivity contribution in [1.29, 1.82) is 0 Å². The third-order valence-electron chi connectivity index (χ3n) is 2.76. The molecule has 2 heterocycles. The van der Waals surface area contributed by atoms with Crippen LogP contribution in [0.4, 0.5) is 0 Å². The number of aromatic nitrogens is 1. The van der Waals surface area contributed by atoms with Gasteiger partial charge in [-0.2, -0.15) is 0 Å². The molecule has 0 spiro atoms. The standard InChI is InChI=1S/C11H17N3.CH4/c12-11-3-6-14(7-4-11)9-10-2-1-5-13-8-10;/h1-2,5,8,11H,3-4,6-7,9,12H2;1H4. The number of pyridine rings is 1. The average Bonchev–Trinajstić information content (AvgIpc) is 2.23. The van der Waals surface area contributed by atoms with Gasteiger partial charge in [-0.3, -0.25) is 9.88 Å². The van der Waals surface area contributed by atoms with Crippen molar-refractivity contribution in [2.45, 2.75) is 32.9 Å². The molecular formula is C12H21N3. The third-order valence-corrected chi connectivity index (χ3v) is 2.76. The van der Waals surface area contributed by atoms with Crippen molar-refractivity contribution >= 4 is 0 Å². The summed E-state index contributed by atoms with van der Waals surface area (Å²) in [6.07, 6.45) is 6.00. The van der Waals surface area contributed by atoms with Crippen LogP contribution in [0.1, 0.15) is 25.8 Å². The van der Waals surface area contributed by atoms with Crippen LogP contribution in [-0.2, 0) is 6.54 Å². The largest absolute Gasteiger partial charge is 0.328 e. The summed E-state index contributed by atoms with van der Waals surface area (Å²) < 4.78 is 0. The topological polar surface area (TPSA) is 42.1 Å². The minimum absolute atomic E-state index is 0. The lowest BCUT2D eigenvalue weighted by atomic mass is 10.1. The molecule has 2 N–H and O–H groups in total. The van der Waals surface area contributed by atoms with Crippen LogP contribution in [0, 0.1) is 0 Å². The Morgan fingerprint density at radius 3 is 2.73 bits per heavy atom. The molecule has 3 nitrogen and oxygen atoms in total. The van der Waals surface area contributed by atoms with E-state index in [4.69, 9.17) is 5.73 Å². The maximum absolute atomic E-state index is 5.85. The number of rotatable bonds is 2. The third kappa shape index (κ3) is 3.61. The van der Waals surface area contributed by atoms with Gasteiger partial charge >= 0.3 is 0 Å². The smallest absolute Gasteiger partial charge is 0.0312 e. The highest BCUT2D eigenvalue weighted by atomic mass is 15.1. The fraction of sp³-hybridized carbons (Fsp3) is 0.583. The van der Waals surface area contributed by atoms with E-state index in [0.29, 0.717) is 6.04 Å². The van der Waals surface area contributed by atoms with Gasteiger partial charge in [0.1, 0.15) is 0 Å². The number of nitrogens with zero attached hydrogens (tertiary/aromatic N) is 2. The molecule has 1 fully saturated rings. The molecule has 84 valence electrons. The Bertz CT molecular complexity index is 265. The molecule has 2 rings (SSSR count). The molecular weight excluding hydrogens is 186 g/mol. The van der Waals surface area contributed by atoms with Crippen LogP contribution in [-0.4, -0.2) is 29.0 Å². The monoisotopic (exact) mass is 207 g/mol. The molecule has 0 radical (unpaired) electrons. The first-order valence-electron chi connectivity index (χ1n) is 5.21. The summed E-state index contributed by atoms with van der Waals surface area (Å²) in [5.41, 5.74) is 7.15. The SMILES string of the molecule is C.NC1CCN(Cc2cccnc2)CC1. The zero-order valence-electron chi connectivity index (χ0n) is 8.39. The second kappa shape index (κ2) is 5.83. The summed E-state index contributed by atoms with van der Waals surface area (Å²) in [5.74, 6) is 0. The van der Waals surface area contributed by atoms with Crippen molar-refractivity contribution in [3.63, 3.8) is 0 Å². The van der Waals surface area contributed by atoms with Crippen LogP contribution in [0.25, 0.3) is 0 Å². The quantitative estimate of drug-likeness (QED) is 0.801. The Labute approximate surface area is 92.3 Å². The fourth-order valence-electron chi connectivity index (χ4n) is 1.86. The Morgan fingerprint density at radius 1 is 1.40 bits per heavy atom. The van der Waals surface area contributed by atoms with E-state index in [9.17, 15) is 0 Å². The van der Waals surface area contributed by atoms with Crippen LogP contribution in [0.3, 0.4) is 0 Å². The Balaban J connectivity index is 0.00000112. The van der Waals surface area contributed by atoms with Gasteiger partial charge in [-0.05, 0) is 37.6 Å². The molecule has 0 aliphatic carbocycles. The molecule has 0 unspecified atom stereocenters. The van der Waals surface area contributed by atoms with E-state index in [1.54, 1.807) is 0 Å². The maximum atomic E-state index is 5.85. The fourth-order valence-corrected chi connectivity index (χ4v) is 1.86. The highest BCUT2D eigenvalue weighted by molar-refractivity contribution is 5.08. The highest BCUT2D eigenvalue weighted by Crippen LogP contribution is 2.11. The van der Waals surface area contributed by atoms with E-state index in [1.165, 1.54) is 5.56 Å². The number of likely N-dealkylation sites (tertiary alicyclic amines) is 1. The van der Waals surface area contributed by atoms with E-state index in [-0.39, 0.29) is 7.43 Å². The van der Waals surface area contributed by atoms with Crippen LogP contribution < -0.4 is 5.73 Å². The molecule has 15 heavy (non-hydrogen) atoms. The van der Waals surface area contributed by atoms with Crippen LogP contribution in [0.5, 0.6) is 0 Å². The van der Waals surface area contributed by atoms with E-state index >= 15 is 0 Å². The number of nitrogens with two attached hydrogens (primary N) is 1. The van der Waals surface area contributed by atoms with Crippen molar-refractivity contribution in [3.05, 3.63) is 30.1 Å². The van der Waals surface area contributed by atoms with Gasteiger partial charge in [-0.1, -0.05) is 13.5 Å². The first-order valence-corrected chi connectivity index (χ1v) is 5.21. The van der Waals surface area contributed by atoms with Crippen molar-refractivity contribution in [1.82, 2.24) is 9.88 Å². The summed E-state index contributed by atoms with van der Waals surface area (Å²) in [6, 6.07) is 4.53. The average molecular weight is 207 g/mol. The van der Waals surface area contributed by atoms with Crippen molar-refractivity contribution < 1.29 is 0 Å². The van der Waals surface area contributed by atoms with Gasteiger partial charge in [0.05, 0.1) is 0 Å². The molecule has 0 bridgehead atoms. The molecule has 1 saturated heterocycles. The summed E-state index contributed by atoms with van der Waals surface area (Å²) in [5, 5.41) is 0. The summed E-state index contributed by atoms with van der Waals surface area (Å²) in [6.45, 7) is 3.26. The highest BCUT2D eigenvalue weighted by Gasteiger charge is 2.15. The lowest BCUT2D eigenvalue weighted by molar-refractivity contribution is 0.205. The van der Waals surface area contributed by atoms with Gasteiger partial charge in [0.2, 0.25) is 0 Å². The zero-order chi connectivity index (χ0) is 9.80. The zero-order valence-corrected chi connectivity index (χ0v) is 8.39. The number of hydrogen-bond donors (Lipinski definition) is 1. The molecule has 0 atom stereocenters. The first kappa shape index (κ1) is 12.1. The molecule has 1 aliphatic heterocycles. The maximum Gasteiger partial charge on any atom is 0.0312 e. The number of piperidine rings is 1. The van der Waals surface area contributed by atoms with Gasteiger partial charge < -0.3 is 5.73 Å². The second-order valence-corrected chi connectivity index (χ2v) is 3.97. The van der Waals surface area contributed by atoms with Crippen molar-refractivity contribution in [3.8, 4) is 0 Å². The predicted molar refractivity (Wildman–Crippen MR) is 63.5 cm³/mol. The van der Waals surface area contributed by atoms with Gasteiger partial charge in [0.25, 0.3) is 0 Å². The van der Waals surface area contributed by atoms with E-state index in [2.05, 4.69) is 16.0 Å². The lowest BCUT2D eigenvalue weighted by Gasteiger charge is -2.29. The Morgan fingerprint density at radius 2 is 2.13 bits per heavy atom. The van der Waals surface area contributed by atoms with Crippen molar-refractivity contribution in [2.24, 2.45) is 5.73 Å². The molecule has 0 amide bonds. The molecule has 1 aliphatic rings. The van der Waals surface area contributed by atoms with Gasteiger partial charge in [0, 0.05) is 25.0 Å². The minimum Gasteiger partial charge on any atom is -0.328 e. The van der Waals surface area contributed by atoms with Gasteiger partial charge in [-0.25, -0.2) is 0 Å². The summed E-state index contributed by atoms with van der Waals surface area (Å²) >= 11 is 0. The molecule has 0 saturated carbocycles. The van der Waals surface area contributed by atoms with Crippen LogP contribution >= 0.6 is 0 Å². The van der Waals surface area contributed by atoms with E-state index in [1.807, 2.05) is 18.5 Å².